The molecule has 10 heteroatoms. The lowest BCUT2D eigenvalue weighted by molar-refractivity contribution is -0.118. The van der Waals surface area contributed by atoms with Crippen LogP contribution in [0.4, 0.5) is 5.69 Å². The summed E-state index contributed by atoms with van der Waals surface area (Å²) < 4.78 is 0.698. The topological polar surface area (TPSA) is 113 Å². The number of fused-ring (bicyclic) bond motifs is 1. The van der Waals surface area contributed by atoms with Gasteiger partial charge in [-0.1, -0.05) is 51.8 Å². The lowest BCUT2D eigenvalue weighted by Crippen LogP contribution is -2.43. The number of imide groups is 1. The van der Waals surface area contributed by atoms with E-state index in [4.69, 9.17) is 17.4 Å². The highest BCUT2D eigenvalue weighted by atomic mass is 79.9. The molecule has 0 saturated heterocycles. The fraction of sp³-hybridized carbons (Fsp3) is 0.0417. The Morgan fingerprint density at radius 3 is 2.29 bits per heavy atom. The van der Waals surface area contributed by atoms with Crippen molar-refractivity contribution in [3.63, 3.8) is 0 Å². The number of benzene rings is 3. The average molecular weight is 540 g/mol. The van der Waals surface area contributed by atoms with Gasteiger partial charge < -0.3 is 5.84 Å². The van der Waals surface area contributed by atoms with E-state index >= 15 is 0 Å². The highest BCUT2D eigenvalue weighted by Crippen LogP contribution is 2.28. The molecule has 0 bridgehead atoms. The predicted molar refractivity (Wildman–Crippen MR) is 131 cm³/mol. The van der Waals surface area contributed by atoms with Gasteiger partial charge in [0, 0.05) is 20.6 Å². The van der Waals surface area contributed by atoms with E-state index in [1.54, 1.807) is 36.4 Å². The lowest BCUT2D eigenvalue weighted by atomic mass is 10.0. The van der Waals surface area contributed by atoms with Gasteiger partial charge in [0.2, 0.25) is 0 Å². The molecule has 1 heterocycles. The van der Waals surface area contributed by atoms with Gasteiger partial charge in [-0.2, -0.15) is 5.10 Å². The number of halogens is 2. The molecule has 8 nitrogen and oxygen atoms in total. The molecule has 0 radical (unpaired) electrons. The van der Waals surface area contributed by atoms with Crippen molar-refractivity contribution in [3.05, 3.63) is 98.5 Å². The quantitative estimate of drug-likeness (QED) is 0.128. The number of amides is 3. The number of nitrogens with zero attached hydrogens (tertiary/aromatic N) is 3. The first-order chi connectivity index (χ1) is 16.3. The van der Waals surface area contributed by atoms with E-state index in [-0.39, 0.29) is 27.4 Å². The molecule has 4 rings (SSSR count). The zero-order valence-corrected chi connectivity index (χ0v) is 19.8. The maximum Gasteiger partial charge on any atom is 0.262 e. The molecule has 0 saturated carbocycles. The molecule has 0 atom stereocenters. The number of hydrazone groups is 1. The normalized spacial score (nSPS) is 12.8. The molecule has 0 fully saturated rings. The van der Waals surface area contributed by atoms with Crippen molar-refractivity contribution in [2.45, 2.75) is 0 Å². The van der Waals surface area contributed by atoms with E-state index in [9.17, 15) is 19.2 Å². The summed E-state index contributed by atoms with van der Waals surface area (Å²) in [6.45, 7) is -0.578. The SMILES string of the molecule is NN=CN(C(=O)CN1C(=O)c2ccccc2C1=O)c1ccc(Cl)cc1C(=O)c1cccc(Br)c1. The standard InChI is InChI=1S/C24H16BrClN4O4/c25-15-5-3-4-14(10-15)22(32)19-11-16(26)8-9-20(19)30(13-28-27)21(31)12-29-23(33)17-6-1-2-7-18(17)24(29)34/h1-11,13H,12,27H2. The summed E-state index contributed by atoms with van der Waals surface area (Å²) in [6, 6.07) is 17.4. The molecule has 0 aliphatic carbocycles. The third kappa shape index (κ3) is 4.35. The van der Waals surface area contributed by atoms with Gasteiger partial charge >= 0.3 is 0 Å². The summed E-state index contributed by atoms with van der Waals surface area (Å²) >= 11 is 9.48. The molecule has 3 amide bonds. The summed E-state index contributed by atoms with van der Waals surface area (Å²) in [7, 11) is 0. The molecule has 0 unspecified atom stereocenters. The van der Waals surface area contributed by atoms with Crippen LogP contribution in [-0.4, -0.2) is 41.3 Å². The average Bonchev–Trinajstić information content (AvgIpc) is 3.07. The number of rotatable bonds is 6. The smallest absolute Gasteiger partial charge is 0.262 e. The Morgan fingerprint density at radius 1 is 1.00 bits per heavy atom. The highest BCUT2D eigenvalue weighted by molar-refractivity contribution is 9.10. The van der Waals surface area contributed by atoms with Gasteiger partial charge in [0.15, 0.2) is 5.78 Å². The summed E-state index contributed by atoms with van der Waals surface area (Å²) in [6.07, 6.45) is 1.02. The fourth-order valence-corrected chi connectivity index (χ4v) is 4.18. The zero-order chi connectivity index (χ0) is 24.4. The van der Waals surface area contributed by atoms with Crippen molar-refractivity contribution in [2.24, 2.45) is 10.9 Å². The van der Waals surface area contributed by atoms with Gasteiger partial charge in [-0.05, 0) is 42.5 Å². The van der Waals surface area contributed by atoms with Crippen LogP contribution in [0.2, 0.25) is 5.02 Å². The van der Waals surface area contributed by atoms with Crippen LogP contribution in [0.5, 0.6) is 0 Å². The van der Waals surface area contributed by atoms with Crippen LogP contribution in [-0.2, 0) is 4.79 Å². The summed E-state index contributed by atoms with van der Waals surface area (Å²) in [5.41, 5.74) is 1.05. The number of carbonyl (C=O) groups excluding carboxylic acids is 4. The van der Waals surface area contributed by atoms with Gasteiger partial charge in [-0.3, -0.25) is 29.0 Å². The van der Waals surface area contributed by atoms with Crippen molar-refractivity contribution in [1.82, 2.24) is 4.90 Å². The summed E-state index contributed by atoms with van der Waals surface area (Å²) in [5, 5.41) is 3.71. The van der Waals surface area contributed by atoms with Gasteiger partial charge in [0.25, 0.3) is 17.7 Å². The van der Waals surface area contributed by atoms with Crippen LogP contribution >= 0.6 is 27.5 Å². The number of anilines is 1. The van der Waals surface area contributed by atoms with Crippen LogP contribution in [0, 0.1) is 0 Å². The second kappa shape index (κ2) is 9.58. The minimum Gasteiger partial charge on any atom is -0.322 e. The number of hydrogen-bond donors (Lipinski definition) is 1. The van der Waals surface area contributed by atoms with Gasteiger partial charge in [-0.15, -0.1) is 0 Å². The second-order valence-corrected chi connectivity index (χ2v) is 8.62. The second-order valence-electron chi connectivity index (χ2n) is 7.27. The molecule has 1 aliphatic heterocycles. The van der Waals surface area contributed by atoms with Gasteiger partial charge in [0.1, 0.15) is 12.9 Å². The highest BCUT2D eigenvalue weighted by Gasteiger charge is 2.37. The molecular formula is C24H16BrClN4O4. The zero-order valence-electron chi connectivity index (χ0n) is 17.4. The first-order valence-corrected chi connectivity index (χ1v) is 11.1. The largest absolute Gasteiger partial charge is 0.322 e. The number of hydrogen-bond acceptors (Lipinski definition) is 6. The van der Waals surface area contributed by atoms with E-state index in [0.29, 0.717) is 10.0 Å². The molecule has 0 aromatic heterocycles. The monoisotopic (exact) mass is 538 g/mol. The Balaban J connectivity index is 1.69. The van der Waals surface area contributed by atoms with E-state index in [1.807, 2.05) is 0 Å². The van der Waals surface area contributed by atoms with E-state index in [0.717, 1.165) is 16.1 Å². The van der Waals surface area contributed by atoms with Crippen LogP contribution in [0.1, 0.15) is 36.6 Å². The molecule has 170 valence electrons. The van der Waals surface area contributed by atoms with Crippen molar-refractivity contribution in [1.29, 1.82) is 0 Å². The Hall–Kier alpha value is -3.82. The molecular weight excluding hydrogens is 524 g/mol. The third-order valence-corrected chi connectivity index (χ3v) is 5.90. The number of nitrogens with two attached hydrogens (primary N) is 1. The fourth-order valence-electron chi connectivity index (χ4n) is 3.61. The van der Waals surface area contributed by atoms with Crippen molar-refractivity contribution in [3.8, 4) is 0 Å². The molecule has 3 aromatic carbocycles. The Bertz CT molecular complexity index is 1340. The Morgan fingerprint density at radius 2 is 1.68 bits per heavy atom. The minimum absolute atomic E-state index is 0.112. The summed E-state index contributed by atoms with van der Waals surface area (Å²) in [5.74, 6) is 3.07. The molecule has 34 heavy (non-hydrogen) atoms. The summed E-state index contributed by atoms with van der Waals surface area (Å²) in [4.78, 5) is 53.8. The van der Waals surface area contributed by atoms with Crippen molar-refractivity contribution >= 4 is 63.1 Å². The minimum atomic E-state index is -0.700. The van der Waals surface area contributed by atoms with E-state index < -0.39 is 30.0 Å². The van der Waals surface area contributed by atoms with E-state index in [2.05, 4.69) is 21.0 Å². The van der Waals surface area contributed by atoms with Crippen molar-refractivity contribution < 1.29 is 19.2 Å². The Labute approximate surface area is 207 Å². The van der Waals surface area contributed by atoms with Crippen LogP contribution in [0.15, 0.2) is 76.3 Å². The Kier molecular flexibility index (Phi) is 6.58. The predicted octanol–water partition coefficient (Wildman–Crippen LogP) is 3.86. The maximum atomic E-state index is 13.3. The van der Waals surface area contributed by atoms with Crippen LogP contribution < -0.4 is 10.7 Å². The van der Waals surface area contributed by atoms with Gasteiger partial charge in [0.05, 0.1) is 16.8 Å². The van der Waals surface area contributed by atoms with E-state index in [1.165, 1.54) is 30.3 Å². The molecule has 2 N–H and O–H groups in total. The van der Waals surface area contributed by atoms with Crippen LogP contribution in [0.3, 0.4) is 0 Å². The molecule has 1 aliphatic rings. The molecule has 3 aromatic rings. The van der Waals surface area contributed by atoms with Crippen LogP contribution in [0.25, 0.3) is 0 Å². The first kappa shape index (κ1) is 23.3. The number of carbonyl (C=O) groups is 4. The maximum absolute atomic E-state index is 13.3. The molecule has 0 spiro atoms. The lowest BCUT2D eigenvalue weighted by Gasteiger charge is -2.23. The van der Waals surface area contributed by atoms with Gasteiger partial charge in [-0.25, -0.2) is 0 Å². The number of ketones is 1. The first-order valence-electron chi connectivity index (χ1n) is 9.92. The third-order valence-electron chi connectivity index (χ3n) is 5.17. The van der Waals surface area contributed by atoms with Crippen molar-refractivity contribution in [2.75, 3.05) is 11.4 Å².